The van der Waals surface area contributed by atoms with Crippen LogP contribution in [0.5, 0.6) is 0 Å². The van der Waals surface area contributed by atoms with Crippen LogP contribution in [0.15, 0.2) is 48.7 Å². The molecule has 1 aromatic carbocycles. The van der Waals surface area contributed by atoms with Gasteiger partial charge < -0.3 is 14.7 Å². The lowest BCUT2D eigenvalue weighted by Gasteiger charge is -2.36. The Labute approximate surface area is 126 Å². The second kappa shape index (κ2) is 6.04. The summed E-state index contributed by atoms with van der Waals surface area (Å²) in [6.07, 6.45) is 1.86. The molecule has 0 spiro atoms. The second-order valence-corrected chi connectivity index (χ2v) is 5.57. The molecule has 1 aliphatic heterocycles. The second-order valence-electron chi connectivity index (χ2n) is 5.57. The van der Waals surface area contributed by atoms with E-state index in [9.17, 15) is 0 Å². The number of rotatable bonds is 3. The highest BCUT2D eigenvalue weighted by Crippen LogP contribution is 2.22. The van der Waals surface area contributed by atoms with Gasteiger partial charge >= 0.3 is 0 Å². The van der Waals surface area contributed by atoms with Crippen LogP contribution in [0, 0.1) is 0 Å². The summed E-state index contributed by atoms with van der Waals surface area (Å²) in [4.78, 5) is 11.4. The van der Waals surface area contributed by atoms with E-state index in [2.05, 4.69) is 70.2 Å². The van der Waals surface area contributed by atoms with Gasteiger partial charge in [-0.2, -0.15) is 0 Å². The van der Waals surface area contributed by atoms with E-state index in [1.165, 1.54) is 11.4 Å². The van der Waals surface area contributed by atoms with Crippen LogP contribution in [0.4, 0.5) is 17.2 Å². The predicted molar refractivity (Wildman–Crippen MR) is 89.4 cm³/mol. The van der Waals surface area contributed by atoms with E-state index in [1.807, 2.05) is 12.3 Å². The smallest absolute Gasteiger partial charge is 0.128 e. The first-order chi connectivity index (χ1) is 10.2. The van der Waals surface area contributed by atoms with Gasteiger partial charge in [0.1, 0.15) is 5.82 Å². The molecule has 1 aromatic heterocycles. The zero-order chi connectivity index (χ0) is 14.7. The summed E-state index contributed by atoms with van der Waals surface area (Å²) in [5.74, 6) is 1.08. The van der Waals surface area contributed by atoms with Crippen LogP contribution < -0.4 is 14.7 Å². The van der Waals surface area contributed by atoms with Crippen molar-refractivity contribution in [2.75, 3.05) is 55.0 Å². The fraction of sp³-hybridized carbons (Fsp3) is 0.353. The average Bonchev–Trinajstić information content (AvgIpc) is 2.56. The number of anilines is 3. The van der Waals surface area contributed by atoms with Crippen LogP contribution in [-0.4, -0.2) is 45.3 Å². The molecule has 110 valence electrons. The fourth-order valence-electron chi connectivity index (χ4n) is 2.70. The molecule has 4 nitrogen and oxygen atoms in total. The van der Waals surface area contributed by atoms with Crippen molar-refractivity contribution in [2.45, 2.75) is 0 Å². The standard InChI is InChI=1S/C17H22N4/c1-19(2)15-6-8-16(9-7-15)20-11-13-21(14-12-20)17-5-3-4-10-18-17/h3-10H,11-14H2,1-2H3. The van der Waals surface area contributed by atoms with E-state index in [1.54, 1.807) is 0 Å². The number of hydrogen-bond acceptors (Lipinski definition) is 4. The maximum atomic E-state index is 4.43. The highest BCUT2D eigenvalue weighted by molar-refractivity contribution is 5.56. The molecule has 1 saturated heterocycles. The number of pyridine rings is 1. The van der Waals surface area contributed by atoms with Gasteiger partial charge in [0, 0.05) is 57.8 Å². The Morgan fingerprint density at radius 3 is 2.10 bits per heavy atom. The van der Waals surface area contributed by atoms with Crippen molar-refractivity contribution >= 4 is 17.2 Å². The molecule has 4 heteroatoms. The predicted octanol–water partition coefficient (Wildman–Crippen LogP) is 2.47. The van der Waals surface area contributed by atoms with Crippen LogP contribution >= 0.6 is 0 Å². The highest BCUT2D eigenvalue weighted by atomic mass is 15.3. The van der Waals surface area contributed by atoms with Crippen LogP contribution in [0.25, 0.3) is 0 Å². The normalized spacial score (nSPS) is 15.1. The number of hydrogen-bond donors (Lipinski definition) is 0. The minimum absolute atomic E-state index is 1.02. The van der Waals surface area contributed by atoms with Crippen molar-refractivity contribution in [3.05, 3.63) is 48.7 Å². The summed E-state index contributed by atoms with van der Waals surface area (Å²) in [6, 6.07) is 14.9. The van der Waals surface area contributed by atoms with Crippen molar-refractivity contribution < 1.29 is 0 Å². The van der Waals surface area contributed by atoms with E-state index >= 15 is 0 Å². The van der Waals surface area contributed by atoms with Crippen molar-refractivity contribution in [1.29, 1.82) is 0 Å². The Morgan fingerprint density at radius 2 is 1.52 bits per heavy atom. The molecular weight excluding hydrogens is 260 g/mol. The lowest BCUT2D eigenvalue weighted by atomic mass is 10.2. The summed E-state index contributed by atoms with van der Waals surface area (Å²) in [6.45, 7) is 4.12. The SMILES string of the molecule is CN(C)c1ccc(N2CCN(c3ccccn3)CC2)cc1. The van der Waals surface area contributed by atoms with Gasteiger partial charge in [0.15, 0.2) is 0 Å². The molecule has 0 unspecified atom stereocenters. The van der Waals surface area contributed by atoms with Gasteiger partial charge in [-0.25, -0.2) is 4.98 Å². The van der Waals surface area contributed by atoms with Crippen molar-refractivity contribution in [3.8, 4) is 0 Å². The molecule has 2 heterocycles. The Kier molecular flexibility index (Phi) is 3.95. The summed E-state index contributed by atoms with van der Waals surface area (Å²) >= 11 is 0. The summed E-state index contributed by atoms with van der Waals surface area (Å²) < 4.78 is 0. The third-order valence-corrected chi connectivity index (χ3v) is 3.98. The first kappa shape index (κ1) is 13.7. The maximum Gasteiger partial charge on any atom is 0.128 e. The number of nitrogens with zero attached hydrogens (tertiary/aromatic N) is 4. The Morgan fingerprint density at radius 1 is 0.857 bits per heavy atom. The van der Waals surface area contributed by atoms with Gasteiger partial charge in [0.25, 0.3) is 0 Å². The zero-order valence-corrected chi connectivity index (χ0v) is 12.7. The third kappa shape index (κ3) is 3.10. The van der Waals surface area contributed by atoms with Crippen LogP contribution in [-0.2, 0) is 0 Å². The number of aromatic nitrogens is 1. The van der Waals surface area contributed by atoms with E-state index < -0.39 is 0 Å². The molecular formula is C17H22N4. The Bertz CT molecular complexity index is 557. The molecule has 1 fully saturated rings. The summed E-state index contributed by atoms with van der Waals surface area (Å²) in [7, 11) is 4.14. The van der Waals surface area contributed by atoms with Crippen molar-refractivity contribution in [3.63, 3.8) is 0 Å². The van der Waals surface area contributed by atoms with Gasteiger partial charge in [-0.05, 0) is 36.4 Å². The average molecular weight is 282 g/mol. The first-order valence-electron chi connectivity index (χ1n) is 7.42. The monoisotopic (exact) mass is 282 g/mol. The first-order valence-corrected chi connectivity index (χ1v) is 7.42. The van der Waals surface area contributed by atoms with Crippen LogP contribution in [0.1, 0.15) is 0 Å². The van der Waals surface area contributed by atoms with Gasteiger partial charge in [-0.15, -0.1) is 0 Å². The minimum Gasteiger partial charge on any atom is -0.378 e. The summed E-state index contributed by atoms with van der Waals surface area (Å²) in [5.41, 5.74) is 2.55. The molecule has 0 aliphatic carbocycles. The van der Waals surface area contributed by atoms with E-state index in [4.69, 9.17) is 0 Å². The minimum atomic E-state index is 1.02. The van der Waals surface area contributed by atoms with Gasteiger partial charge in [0.05, 0.1) is 0 Å². The van der Waals surface area contributed by atoms with E-state index in [-0.39, 0.29) is 0 Å². The Hall–Kier alpha value is -2.23. The molecule has 2 aromatic rings. The Balaban J connectivity index is 1.63. The molecule has 0 radical (unpaired) electrons. The van der Waals surface area contributed by atoms with E-state index in [0.29, 0.717) is 0 Å². The topological polar surface area (TPSA) is 22.6 Å². The van der Waals surface area contributed by atoms with Gasteiger partial charge in [-0.3, -0.25) is 0 Å². The quantitative estimate of drug-likeness (QED) is 0.862. The van der Waals surface area contributed by atoms with Crippen molar-refractivity contribution in [2.24, 2.45) is 0 Å². The molecule has 0 N–H and O–H groups in total. The van der Waals surface area contributed by atoms with Crippen LogP contribution in [0.2, 0.25) is 0 Å². The van der Waals surface area contributed by atoms with Gasteiger partial charge in [-0.1, -0.05) is 6.07 Å². The molecule has 0 bridgehead atoms. The highest BCUT2D eigenvalue weighted by Gasteiger charge is 2.17. The number of benzene rings is 1. The molecule has 0 atom stereocenters. The van der Waals surface area contributed by atoms with Crippen LogP contribution in [0.3, 0.4) is 0 Å². The largest absolute Gasteiger partial charge is 0.378 e. The third-order valence-electron chi connectivity index (χ3n) is 3.98. The maximum absolute atomic E-state index is 4.43. The molecule has 3 rings (SSSR count). The lowest BCUT2D eigenvalue weighted by molar-refractivity contribution is 0.647. The number of piperazine rings is 1. The zero-order valence-electron chi connectivity index (χ0n) is 12.7. The molecule has 0 saturated carbocycles. The molecule has 1 aliphatic rings. The lowest BCUT2D eigenvalue weighted by Crippen LogP contribution is -2.46. The van der Waals surface area contributed by atoms with Gasteiger partial charge in [0.2, 0.25) is 0 Å². The van der Waals surface area contributed by atoms with Crippen molar-refractivity contribution in [1.82, 2.24) is 4.98 Å². The summed E-state index contributed by atoms with van der Waals surface area (Å²) in [5, 5.41) is 0. The van der Waals surface area contributed by atoms with E-state index in [0.717, 1.165) is 32.0 Å². The fourth-order valence-corrected chi connectivity index (χ4v) is 2.70. The molecule has 21 heavy (non-hydrogen) atoms. The molecule has 0 amide bonds.